The standard InChI is InChI=1S/C24H19ClN2O3S/c1-29-19-11-5-15(6-12-19)21-22(16-7-13-20(30-2)14-8-16)31-24(26-21)27-23(28)17-3-9-18(25)10-4-17/h3-14H,1-2H3,(H,26,27,28). The van der Waals surface area contributed by atoms with Gasteiger partial charge in [-0.2, -0.15) is 0 Å². The minimum absolute atomic E-state index is 0.243. The van der Waals surface area contributed by atoms with Gasteiger partial charge in [-0.05, 0) is 78.4 Å². The highest BCUT2D eigenvalue weighted by molar-refractivity contribution is 7.19. The van der Waals surface area contributed by atoms with Crippen LogP contribution in [0.4, 0.5) is 5.13 Å². The Labute approximate surface area is 189 Å². The summed E-state index contributed by atoms with van der Waals surface area (Å²) in [4.78, 5) is 18.3. The van der Waals surface area contributed by atoms with E-state index in [0.717, 1.165) is 33.2 Å². The first-order chi connectivity index (χ1) is 15.1. The molecular weight excluding hydrogens is 432 g/mol. The van der Waals surface area contributed by atoms with E-state index in [9.17, 15) is 4.79 Å². The van der Waals surface area contributed by atoms with Crippen molar-refractivity contribution in [3.63, 3.8) is 0 Å². The molecule has 0 aliphatic heterocycles. The number of rotatable bonds is 6. The summed E-state index contributed by atoms with van der Waals surface area (Å²) < 4.78 is 10.5. The topological polar surface area (TPSA) is 60.5 Å². The number of amides is 1. The Morgan fingerprint density at radius 3 is 1.94 bits per heavy atom. The molecule has 5 nitrogen and oxygen atoms in total. The number of benzene rings is 3. The number of thiazole rings is 1. The maximum absolute atomic E-state index is 12.7. The van der Waals surface area contributed by atoms with Gasteiger partial charge < -0.3 is 9.47 Å². The van der Waals surface area contributed by atoms with Crippen molar-refractivity contribution in [2.45, 2.75) is 0 Å². The summed E-state index contributed by atoms with van der Waals surface area (Å²) in [6.07, 6.45) is 0. The number of carbonyl (C=O) groups excluding carboxylic acids is 1. The highest BCUT2D eigenvalue weighted by Gasteiger charge is 2.17. The average molecular weight is 451 g/mol. The summed E-state index contributed by atoms with van der Waals surface area (Å²) in [6, 6.07) is 22.2. The molecule has 1 amide bonds. The molecule has 0 bridgehead atoms. The summed E-state index contributed by atoms with van der Waals surface area (Å²) in [5, 5.41) is 3.99. The Hall–Kier alpha value is -3.35. The molecule has 0 atom stereocenters. The molecule has 156 valence electrons. The number of hydrogen-bond donors (Lipinski definition) is 1. The number of carbonyl (C=O) groups is 1. The zero-order valence-corrected chi connectivity index (χ0v) is 18.5. The number of methoxy groups -OCH3 is 2. The molecule has 0 aliphatic carbocycles. The van der Waals surface area contributed by atoms with Gasteiger partial charge in [0, 0.05) is 16.1 Å². The van der Waals surface area contributed by atoms with Gasteiger partial charge in [-0.25, -0.2) is 4.98 Å². The van der Waals surface area contributed by atoms with Crippen LogP contribution in [-0.2, 0) is 0 Å². The number of ether oxygens (including phenoxy) is 2. The first-order valence-electron chi connectivity index (χ1n) is 9.44. The van der Waals surface area contributed by atoms with Crippen LogP contribution in [0, 0.1) is 0 Å². The second kappa shape index (κ2) is 9.20. The number of anilines is 1. The lowest BCUT2D eigenvalue weighted by Gasteiger charge is -2.05. The Morgan fingerprint density at radius 2 is 1.39 bits per heavy atom. The van der Waals surface area contributed by atoms with E-state index in [2.05, 4.69) is 5.32 Å². The predicted molar refractivity (Wildman–Crippen MR) is 125 cm³/mol. The van der Waals surface area contributed by atoms with E-state index in [-0.39, 0.29) is 5.91 Å². The third-order valence-electron chi connectivity index (χ3n) is 4.67. The van der Waals surface area contributed by atoms with E-state index < -0.39 is 0 Å². The van der Waals surface area contributed by atoms with Crippen molar-refractivity contribution in [2.75, 3.05) is 19.5 Å². The van der Waals surface area contributed by atoms with Gasteiger partial charge in [-0.1, -0.05) is 22.9 Å². The molecule has 0 saturated heterocycles. The van der Waals surface area contributed by atoms with E-state index in [1.807, 2.05) is 48.5 Å². The Bertz CT molecular complexity index is 1120. The van der Waals surface area contributed by atoms with E-state index in [1.54, 1.807) is 38.5 Å². The van der Waals surface area contributed by atoms with Crippen LogP contribution >= 0.6 is 22.9 Å². The first-order valence-corrected chi connectivity index (χ1v) is 10.6. The highest BCUT2D eigenvalue weighted by Crippen LogP contribution is 2.40. The van der Waals surface area contributed by atoms with Crippen LogP contribution < -0.4 is 14.8 Å². The molecule has 1 aromatic heterocycles. The zero-order valence-electron chi connectivity index (χ0n) is 16.9. The van der Waals surface area contributed by atoms with Crippen LogP contribution in [0.1, 0.15) is 10.4 Å². The van der Waals surface area contributed by atoms with Crippen LogP contribution in [-0.4, -0.2) is 25.1 Å². The molecule has 31 heavy (non-hydrogen) atoms. The van der Waals surface area contributed by atoms with Crippen molar-refractivity contribution >= 4 is 34.0 Å². The zero-order chi connectivity index (χ0) is 21.8. The van der Waals surface area contributed by atoms with E-state index in [1.165, 1.54) is 11.3 Å². The van der Waals surface area contributed by atoms with Gasteiger partial charge in [-0.3, -0.25) is 10.1 Å². The molecule has 4 rings (SSSR count). The van der Waals surface area contributed by atoms with Gasteiger partial charge in [0.05, 0.1) is 24.8 Å². The Kier molecular flexibility index (Phi) is 6.21. The number of nitrogens with one attached hydrogen (secondary N) is 1. The fourth-order valence-corrected chi connectivity index (χ4v) is 4.14. The summed E-state index contributed by atoms with van der Waals surface area (Å²) in [7, 11) is 3.26. The SMILES string of the molecule is COc1ccc(-c2nc(NC(=O)c3ccc(Cl)cc3)sc2-c2ccc(OC)cc2)cc1. The summed E-state index contributed by atoms with van der Waals surface area (Å²) in [5.74, 6) is 1.30. The smallest absolute Gasteiger partial charge is 0.257 e. The van der Waals surface area contributed by atoms with Gasteiger partial charge in [0.2, 0.25) is 0 Å². The van der Waals surface area contributed by atoms with E-state index >= 15 is 0 Å². The molecule has 0 spiro atoms. The number of aromatic nitrogens is 1. The summed E-state index contributed by atoms with van der Waals surface area (Å²) in [6.45, 7) is 0. The Morgan fingerprint density at radius 1 is 0.839 bits per heavy atom. The number of halogens is 1. The molecule has 3 aromatic carbocycles. The maximum atomic E-state index is 12.7. The van der Waals surface area contributed by atoms with E-state index in [4.69, 9.17) is 26.1 Å². The number of nitrogens with zero attached hydrogens (tertiary/aromatic N) is 1. The van der Waals surface area contributed by atoms with Crippen LogP contribution in [0.25, 0.3) is 21.7 Å². The molecule has 1 heterocycles. The summed E-state index contributed by atoms with van der Waals surface area (Å²) >= 11 is 7.34. The van der Waals surface area contributed by atoms with Crippen LogP contribution in [0.3, 0.4) is 0 Å². The highest BCUT2D eigenvalue weighted by atomic mass is 35.5. The first kappa shape index (κ1) is 20.9. The number of hydrogen-bond acceptors (Lipinski definition) is 5. The van der Waals surface area contributed by atoms with Crippen molar-refractivity contribution in [1.29, 1.82) is 0 Å². The third-order valence-corrected chi connectivity index (χ3v) is 5.94. The molecular formula is C24H19ClN2O3S. The van der Waals surface area contributed by atoms with E-state index in [0.29, 0.717) is 15.7 Å². The Balaban J connectivity index is 1.71. The van der Waals surface area contributed by atoms with Crippen molar-refractivity contribution in [3.05, 3.63) is 83.4 Å². The van der Waals surface area contributed by atoms with Crippen LogP contribution in [0.2, 0.25) is 5.02 Å². The molecule has 1 N–H and O–H groups in total. The quantitative estimate of drug-likeness (QED) is 0.369. The van der Waals surface area contributed by atoms with Gasteiger partial charge in [0.25, 0.3) is 5.91 Å². The third kappa shape index (κ3) is 4.71. The normalized spacial score (nSPS) is 10.5. The van der Waals surface area contributed by atoms with Crippen molar-refractivity contribution in [3.8, 4) is 33.2 Å². The molecule has 0 unspecified atom stereocenters. The molecule has 0 radical (unpaired) electrons. The van der Waals surface area contributed by atoms with Crippen LogP contribution in [0.5, 0.6) is 11.5 Å². The molecule has 7 heteroatoms. The monoisotopic (exact) mass is 450 g/mol. The average Bonchev–Trinajstić information content (AvgIpc) is 3.23. The maximum Gasteiger partial charge on any atom is 0.257 e. The largest absolute Gasteiger partial charge is 0.497 e. The lowest BCUT2D eigenvalue weighted by molar-refractivity contribution is 0.102. The molecule has 0 fully saturated rings. The molecule has 0 aliphatic rings. The molecule has 0 saturated carbocycles. The van der Waals surface area contributed by atoms with Gasteiger partial charge in [-0.15, -0.1) is 0 Å². The minimum atomic E-state index is -0.243. The van der Waals surface area contributed by atoms with Gasteiger partial charge >= 0.3 is 0 Å². The van der Waals surface area contributed by atoms with Gasteiger partial charge in [0.1, 0.15) is 11.5 Å². The lowest BCUT2D eigenvalue weighted by atomic mass is 10.1. The fourth-order valence-electron chi connectivity index (χ4n) is 3.03. The summed E-state index contributed by atoms with van der Waals surface area (Å²) in [5.41, 5.74) is 3.20. The predicted octanol–water partition coefficient (Wildman–Crippen LogP) is 6.40. The fraction of sp³-hybridized carbons (Fsp3) is 0.0833. The van der Waals surface area contributed by atoms with Crippen molar-refractivity contribution < 1.29 is 14.3 Å². The van der Waals surface area contributed by atoms with Gasteiger partial charge in [0.15, 0.2) is 5.13 Å². The minimum Gasteiger partial charge on any atom is -0.497 e. The molecule has 4 aromatic rings. The lowest BCUT2D eigenvalue weighted by Crippen LogP contribution is -2.11. The van der Waals surface area contributed by atoms with Crippen LogP contribution in [0.15, 0.2) is 72.8 Å². The second-order valence-corrected chi connectivity index (χ2v) is 8.05. The van der Waals surface area contributed by atoms with Crippen molar-refractivity contribution in [2.24, 2.45) is 0 Å². The second-order valence-electron chi connectivity index (χ2n) is 6.61. The van der Waals surface area contributed by atoms with Crippen molar-refractivity contribution in [1.82, 2.24) is 4.98 Å².